The number of carbonyl (C=O) groups excluding carboxylic acids is 3. The Balaban J connectivity index is 1.27. The first-order valence-electron chi connectivity index (χ1n) is 11.8. The number of nitrogens with zero attached hydrogens (tertiary/aromatic N) is 4. The Morgan fingerprint density at radius 1 is 1.09 bits per heavy atom. The summed E-state index contributed by atoms with van der Waals surface area (Å²) in [7, 11) is 0. The van der Waals surface area contributed by atoms with Crippen LogP contribution in [0, 0.1) is 5.41 Å². The zero-order valence-corrected chi connectivity index (χ0v) is 21.5. The van der Waals surface area contributed by atoms with Gasteiger partial charge in [0, 0.05) is 51.8 Å². The third-order valence-electron chi connectivity index (χ3n) is 6.79. The third-order valence-corrected chi connectivity index (χ3v) is 7.53. The summed E-state index contributed by atoms with van der Waals surface area (Å²) in [6.45, 7) is 8.00. The van der Waals surface area contributed by atoms with Crippen molar-refractivity contribution in [1.82, 2.24) is 9.80 Å². The average Bonchev–Trinajstić information content (AvgIpc) is 3.08. The molecule has 1 N–H and O–H groups in total. The fraction of sp³-hybridized carbons (Fsp3) is 0.520. The van der Waals surface area contributed by atoms with Gasteiger partial charge in [-0.15, -0.1) is 0 Å². The van der Waals surface area contributed by atoms with Crippen LogP contribution in [0.1, 0.15) is 33.1 Å². The molecule has 2 amide bonds. The molecule has 1 aromatic rings. The van der Waals surface area contributed by atoms with Crippen LogP contribution in [0.2, 0.25) is 10.0 Å². The van der Waals surface area contributed by atoms with Crippen LogP contribution < -0.4 is 4.90 Å². The summed E-state index contributed by atoms with van der Waals surface area (Å²) in [5, 5.41) is 10.9. The summed E-state index contributed by atoms with van der Waals surface area (Å²) >= 11 is 12.0. The molecule has 3 aliphatic rings. The van der Waals surface area contributed by atoms with Gasteiger partial charge >= 0.3 is 0 Å². The number of carbonyl (C=O) groups is 3. The molecule has 35 heavy (non-hydrogen) atoms. The first kappa shape index (κ1) is 25.8. The molecular formula is C25H30Cl2N4O4. The van der Waals surface area contributed by atoms with Crippen molar-refractivity contribution in [2.75, 3.05) is 44.2 Å². The highest BCUT2D eigenvalue weighted by Crippen LogP contribution is 2.35. The number of Topliss-reactive ketones (excluding diaryl/α,β-unsaturated/α-hetero) is 1. The number of allylic oxidation sites excluding steroid dienone is 2. The second kappa shape index (κ2) is 10.4. The lowest BCUT2D eigenvalue weighted by Gasteiger charge is -2.36. The minimum atomic E-state index is -0.478. The first-order valence-corrected chi connectivity index (χ1v) is 12.5. The Hall–Kier alpha value is -2.26. The predicted octanol–water partition coefficient (Wildman–Crippen LogP) is 3.51. The Morgan fingerprint density at radius 2 is 1.80 bits per heavy atom. The maximum atomic E-state index is 13.1. The van der Waals surface area contributed by atoms with E-state index in [1.165, 1.54) is 17.2 Å². The number of halogens is 2. The molecule has 8 nitrogen and oxygen atoms in total. The van der Waals surface area contributed by atoms with Crippen LogP contribution >= 0.6 is 23.2 Å². The number of aliphatic hydroxyl groups excluding tert-OH is 1. The van der Waals surface area contributed by atoms with E-state index in [4.69, 9.17) is 23.2 Å². The smallest absolute Gasteiger partial charge is 0.251 e. The summed E-state index contributed by atoms with van der Waals surface area (Å²) in [4.78, 5) is 47.8. The molecule has 1 atom stereocenters. The van der Waals surface area contributed by atoms with Gasteiger partial charge in [-0.3, -0.25) is 29.2 Å². The first-order chi connectivity index (χ1) is 16.6. The van der Waals surface area contributed by atoms with Gasteiger partial charge in [-0.25, -0.2) is 4.90 Å². The van der Waals surface area contributed by atoms with E-state index in [0.717, 1.165) is 13.1 Å². The van der Waals surface area contributed by atoms with Crippen LogP contribution in [0.4, 0.5) is 5.69 Å². The lowest BCUT2D eigenvalue weighted by molar-refractivity contribution is -0.123. The van der Waals surface area contributed by atoms with Crippen LogP contribution in [0.15, 0.2) is 34.5 Å². The minimum Gasteiger partial charge on any atom is -0.511 e. The number of anilines is 1. The van der Waals surface area contributed by atoms with Gasteiger partial charge in [-0.1, -0.05) is 37.0 Å². The monoisotopic (exact) mass is 520 g/mol. The number of hydrogen-bond acceptors (Lipinski definition) is 7. The largest absolute Gasteiger partial charge is 0.511 e. The van der Waals surface area contributed by atoms with Crippen molar-refractivity contribution in [3.63, 3.8) is 0 Å². The fourth-order valence-electron chi connectivity index (χ4n) is 4.90. The molecule has 2 fully saturated rings. The van der Waals surface area contributed by atoms with Crippen molar-refractivity contribution < 1.29 is 19.5 Å². The molecule has 2 saturated heterocycles. The van der Waals surface area contributed by atoms with Crippen molar-refractivity contribution in [1.29, 1.82) is 0 Å². The van der Waals surface area contributed by atoms with E-state index in [9.17, 15) is 19.5 Å². The molecule has 2 aliphatic heterocycles. The summed E-state index contributed by atoms with van der Waals surface area (Å²) in [5.74, 6) is -0.427. The molecule has 1 aromatic carbocycles. The highest BCUT2D eigenvalue weighted by Gasteiger charge is 2.43. The SMILES string of the molecule is CC1(C)CC(=O)C(C=NCCN2CCN(C3CC(=O)N(c4ccc(Cl)c(Cl)c4)C3=O)CC2)=C(O)C1. The second-order valence-electron chi connectivity index (χ2n) is 10.1. The predicted molar refractivity (Wildman–Crippen MR) is 136 cm³/mol. The lowest BCUT2D eigenvalue weighted by atomic mass is 9.77. The van der Waals surface area contributed by atoms with E-state index in [-0.39, 0.29) is 35.2 Å². The van der Waals surface area contributed by atoms with Crippen LogP contribution in [0.3, 0.4) is 0 Å². The molecule has 1 unspecified atom stereocenters. The molecule has 0 radical (unpaired) electrons. The topological polar surface area (TPSA) is 93.5 Å². The van der Waals surface area contributed by atoms with Gasteiger partial charge in [-0.2, -0.15) is 0 Å². The van der Waals surface area contributed by atoms with Gasteiger partial charge in [0.1, 0.15) is 5.76 Å². The molecule has 0 bridgehead atoms. The standard InChI is InChI=1S/C25H30Cl2N4O4/c1-25(2)13-21(32)17(22(33)14-25)15-28-5-6-29-7-9-30(10-8-29)20-12-23(34)31(24(20)35)16-3-4-18(26)19(27)11-16/h3-4,11,15,20,32H,5-10,12-14H2,1-2H3. The summed E-state index contributed by atoms with van der Waals surface area (Å²) < 4.78 is 0. The fourth-order valence-corrected chi connectivity index (χ4v) is 5.19. The van der Waals surface area contributed by atoms with Gasteiger partial charge in [0.2, 0.25) is 5.91 Å². The second-order valence-corrected chi connectivity index (χ2v) is 10.9. The number of amides is 2. The summed E-state index contributed by atoms with van der Waals surface area (Å²) in [5.41, 5.74) is 0.544. The van der Waals surface area contributed by atoms with E-state index < -0.39 is 6.04 Å². The molecule has 0 spiro atoms. The molecule has 1 aliphatic carbocycles. The van der Waals surface area contributed by atoms with Gasteiger partial charge in [0.15, 0.2) is 5.78 Å². The molecule has 2 heterocycles. The maximum absolute atomic E-state index is 13.1. The van der Waals surface area contributed by atoms with Crippen molar-refractivity contribution >= 4 is 52.7 Å². The zero-order valence-electron chi connectivity index (χ0n) is 20.0. The number of imide groups is 1. The van der Waals surface area contributed by atoms with Gasteiger partial charge in [0.25, 0.3) is 5.91 Å². The Bertz CT molecular complexity index is 1090. The number of piperazine rings is 1. The maximum Gasteiger partial charge on any atom is 0.251 e. The Labute approximate surface area is 215 Å². The average molecular weight is 521 g/mol. The number of rotatable bonds is 6. The van der Waals surface area contributed by atoms with Crippen LogP contribution in [0.25, 0.3) is 0 Å². The molecule has 188 valence electrons. The van der Waals surface area contributed by atoms with Gasteiger partial charge in [0.05, 0.1) is 40.3 Å². The van der Waals surface area contributed by atoms with E-state index in [1.54, 1.807) is 12.1 Å². The summed E-state index contributed by atoms with van der Waals surface area (Å²) in [6, 6.07) is 4.27. The number of benzene rings is 1. The Kier molecular flexibility index (Phi) is 7.66. The van der Waals surface area contributed by atoms with Crippen LogP contribution in [0.5, 0.6) is 0 Å². The molecular weight excluding hydrogens is 491 g/mol. The van der Waals surface area contributed by atoms with Gasteiger partial charge < -0.3 is 5.11 Å². The highest BCUT2D eigenvalue weighted by atomic mass is 35.5. The van der Waals surface area contributed by atoms with Crippen molar-refractivity contribution in [3.8, 4) is 0 Å². The van der Waals surface area contributed by atoms with Crippen LogP contribution in [-0.4, -0.2) is 84.0 Å². The quantitative estimate of drug-likeness (QED) is 0.455. The van der Waals surface area contributed by atoms with Gasteiger partial charge in [-0.05, 0) is 23.6 Å². The molecule has 0 saturated carbocycles. The van der Waals surface area contributed by atoms with E-state index >= 15 is 0 Å². The molecule has 4 rings (SSSR count). The number of aliphatic hydroxyl groups is 1. The number of aliphatic imine (C=N–C) groups is 1. The molecule has 10 heteroatoms. The van der Waals surface area contributed by atoms with Crippen molar-refractivity contribution in [3.05, 3.63) is 39.6 Å². The van der Waals surface area contributed by atoms with Crippen molar-refractivity contribution in [2.45, 2.75) is 39.2 Å². The zero-order chi connectivity index (χ0) is 25.3. The lowest BCUT2D eigenvalue weighted by Crippen LogP contribution is -2.52. The number of hydrogen-bond donors (Lipinski definition) is 1. The van der Waals surface area contributed by atoms with E-state index in [2.05, 4.69) is 14.8 Å². The highest BCUT2D eigenvalue weighted by molar-refractivity contribution is 6.42. The third kappa shape index (κ3) is 5.77. The number of ketones is 1. The van der Waals surface area contributed by atoms with Crippen LogP contribution in [-0.2, 0) is 14.4 Å². The van der Waals surface area contributed by atoms with Crippen molar-refractivity contribution in [2.24, 2.45) is 10.4 Å². The Morgan fingerprint density at radius 3 is 2.46 bits per heavy atom. The minimum absolute atomic E-state index is 0.0678. The normalized spacial score (nSPS) is 24.3. The van der Waals surface area contributed by atoms with E-state index in [1.807, 2.05) is 13.8 Å². The molecule has 0 aromatic heterocycles. The van der Waals surface area contributed by atoms with E-state index in [0.29, 0.717) is 60.3 Å². The summed E-state index contributed by atoms with van der Waals surface area (Å²) in [6.07, 6.45) is 2.54.